The SMILES string of the molecule is Cc1ncc(C2(O)CCC(NC3CCC(C(=O)N4CCc5ccc(C(F)(F)F)cc5C4)(C(C)C)C3)CC2)s1. The lowest BCUT2D eigenvalue weighted by atomic mass is 9.73. The number of amides is 1. The lowest BCUT2D eigenvalue weighted by Gasteiger charge is -2.40. The fraction of sp³-hybridized carbons (Fsp3) is 0.655. The number of carbonyl (C=O) groups is 1. The standard InChI is InChI=1S/C29H38F3N3O2S/c1-18(2)27(26(36)35-13-9-20-4-5-22(29(30,31)32)14-21(20)17-35)10-6-24(15-27)34-23-7-11-28(37,12-8-23)25-16-33-19(3)38-25/h4-5,14,16,18,23-24,34,37H,6-13,15,17H2,1-3H3. The summed E-state index contributed by atoms with van der Waals surface area (Å²) in [6.07, 6.45) is 3.55. The van der Waals surface area contributed by atoms with Crippen molar-refractivity contribution in [1.82, 2.24) is 15.2 Å². The maximum absolute atomic E-state index is 14.0. The van der Waals surface area contributed by atoms with Gasteiger partial charge >= 0.3 is 6.18 Å². The molecule has 2 heterocycles. The van der Waals surface area contributed by atoms with E-state index in [4.69, 9.17) is 0 Å². The van der Waals surface area contributed by atoms with Gasteiger partial charge in [-0.25, -0.2) is 4.98 Å². The number of aliphatic hydroxyl groups is 1. The van der Waals surface area contributed by atoms with E-state index in [9.17, 15) is 23.1 Å². The van der Waals surface area contributed by atoms with Gasteiger partial charge in [0.05, 0.1) is 20.9 Å². The van der Waals surface area contributed by atoms with Crippen LogP contribution in [0.15, 0.2) is 24.4 Å². The highest BCUT2D eigenvalue weighted by Crippen LogP contribution is 2.47. The number of halogens is 3. The van der Waals surface area contributed by atoms with Crippen molar-refractivity contribution < 1.29 is 23.1 Å². The number of alkyl halides is 3. The Hall–Kier alpha value is -1.97. The smallest absolute Gasteiger partial charge is 0.384 e. The van der Waals surface area contributed by atoms with E-state index in [-0.39, 0.29) is 24.4 Å². The van der Waals surface area contributed by atoms with Crippen LogP contribution in [-0.4, -0.2) is 39.5 Å². The zero-order chi connectivity index (χ0) is 27.3. The van der Waals surface area contributed by atoms with Crippen LogP contribution >= 0.6 is 11.3 Å². The Kier molecular flexibility index (Phi) is 7.41. The molecule has 0 bridgehead atoms. The molecule has 0 saturated heterocycles. The zero-order valence-corrected chi connectivity index (χ0v) is 23.2. The van der Waals surface area contributed by atoms with Gasteiger partial charge in [-0.15, -0.1) is 11.3 Å². The molecule has 2 aliphatic carbocycles. The van der Waals surface area contributed by atoms with Crippen LogP contribution in [0.4, 0.5) is 13.2 Å². The number of hydrogen-bond donors (Lipinski definition) is 2. The average Bonchev–Trinajstić information content (AvgIpc) is 3.51. The van der Waals surface area contributed by atoms with Crippen LogP contribution in [0.1, 0.15) is 85.4 Å². The summed E-state index contributed by atoms with van der Waals surface area (Å²) >= 11 is 1.57. The summed E-state index contributed by atoms with van der Waals surface area (Å²) in [5, 5.41) is 15.9. The molecule has 2 aromatic rings. The van der Waals surface area contributed by atoms with E-state index in [1.807, 2.05) is 6.92 Å². The van der Waals surface area contributed by atoms with Gasteiger partial charge in [-0.2, -0.15) is 13.2 Å². The van der Waals surface area contributed by atoms with Crippen molar-refractivity contribution in [2.45, 2.75) is 103 Å². The molecule has 0 spiro atoms. The van der Waals surface area contributed by atoms with Crippen molar-refractivity contribution in [1.29, 1.82) is 0 Å². The first-order valence-electron chi connectivity index (χ1n) is 13.8. The molecule has 1 aromatic heterocycles. The molecule has 9 heteroatoms. The van der Waals surface area contributed by atoms with Crippen molar-refractivity contribution in [3.8, 4) is 0 Å². The first-order valence-corrected chi connectivity index (χ1v) is 14.6. The molecule has 0 radical (unpaired) electrons. The van der Waals surface area contributed by atoms with E-state index < -0.39 is 22.8 Å². The van der Waals surface area contributed by atoms with E-state index in [2.05, 4.69) is 24.1 Å². The summed E-state index contributed by atoms with van der Waals surface area (Å²) in [4.78, 5) is 21.0. The van der Waals surface area contributed by atoms with Gasteiger partial charge in [0.2, 0.25) is 5.91 Å². The Balaban J connectivity index is 1.23. The molecule has 2 atom stereocenters. The normalized spacial score (nSPS) is 30.1. The minimum atomic E-state index is -4.39. The van der Waals surface area contributed by atoms with Crippen LogP contribution < -0.4 is 5.32 Å². The van der Waals surface area contributed by atoms with Gasteiger partial charge in [0, 0.05) is 31.4 Å². The van der Waals surface area contributed by atoms with E-state index in [1.165, 1.54) is 6.07 Å². The number of hydrogen-bond acceptors (Lipinski definition) is 5. The van der Waals surface area contributed by atoms with Crippen LogP contribution in [0, 0.1) is 18.3 Å². The van der Waals surface area contributed by atoms with E-state index in [0.717, 1.165) is 53.6 Å². The summed E-state index contributed by atoms with van der Waals surface area (Å²) in [5.41, 5.74) is -0.450. The maximum atomic E-state index is 14.0. The molecule has 1 aromatic carbocycles. The number of aryl methyl sites for hydroxylation is 1. The third-order valence-corrected chi connectivity index (χ3v) is 10.4. The molecular formula is C29H38F3N3O2S. The molecule has 3 aliphatic rings. The van der Waals surface area contributed by atoms with Crippen LogP contribution in [0.5, 0.6) is 0 Å². The number of nitrogens with one attached hydrogen (secondary N) is 1. The molecule has 1 aliphatic heterocycles. The molecular weight excluding hydrogens is 511 g/mol. The van der Waals surface area contributed by atoms with Gasteiger partial charge < -0.3 is 15.3 Å². The number of rotatable bonds is 5. The molecule has 5 rings (SSSR count). The van der Waals surface area contributed by atoms with Gasteiger partial charge in [0.15, 0.2) is 0 Å². The second-order valence-corrected chi connectivity index (χ2v) is 13.2. The number of benzene rings is 1. The maximum Gasteiger partial charge on any atom is 0.416 e. The van der Waals surface area contributed by atoms with Crippen molar-refractivity contribution in [3.63, 3.8) is 0 Å². The molecule has 2 saturated carbocycles. The zero-order valence-electron chi connectivity index (χ0n) is 22.4. The van der Waals surface area contributed by atoms with Crippen molar-refractivity contribution in [2.24, 2.45) is 11.3 Å². The molecule has 2 N–H and O–H groups in total. The second-order valence-electron chi connectivity index (χ2n) is 11.9. The Labute approximate surface area is 226 Å². The molecule has 2 unspecified atom stereocenters. The number of thiazole rings is 1. The predicted octanol–water partition coefficient (Wildman–Crippen LogP) is 5.97. The third-order valence-electron chi connectivity index (χ3n) is 9.28. The summed E-state index contributed by atoms with van der Waals surface area (Å²) in [7, 11) is 0. The lowest BCUT2D eigenvalue weighted by molar-refractivity contribution is -0.145. The Morgan fingerprint density at radius 3 is 2.50 bits per heavy atom. The minimum Gasteiger partial charge on any atom is -0.384 e. The minimum absolute atomic E-state index is 0.0819. The second kappa shape index (κ2) is 10.2. The van der Waals surface area contributed by atoms with Crippen LogP contribution in [-0.2, 0) is 29.5 Å². The summed E-state index contributed by atoms with van der Waals surface area (Å²) in [5.74, 6) is 0.217. The Morgan fingerprint density at radius 1 is 1.16 bits per heavy atom. The highest BCUT2D eigenvalue weighted by Gasteiger charge is 2.50. The molecule has 2 fully saturated rings. The topological polar surface area (TPSA) is 65.5 Å². The average molecular weight is 550 g/mol. The van der Waals surface area contributed by atoms with Crippen molar-refractivity contribution in [3.05, 3.63) is 51.0 Å². The Bertz CT molecular complexity index is 1170. The Morgan fingerprint density at radius 2 is 1.87 bits per heavy atom. The molecule has 208 valence electrons. The first-order chi connectivity index (χ1) is 17.9. The van der Waals surface area contributed by atoms with Gasteiger partial charge in [0.25, 0.3) is 0 Å². The number of fused-ring (bicyclic) bond motifs is 1. The van der Waals surface area contributed by atoms with Crippen LogP contribution in [0.3, 0.4) is 0 Å². The lowest BCUT2D eigenvalue weighted by Crippen LogP contribution is -2.49. The van der Waals surface area contributed by atoms with Gasteiger partial charge in [-0.1, -0.05) is 19.9 Å². The van der Waals surface area contributed by atoms with Crippen LogP contribution in [0.25, 0.3) is 0 Å². The van der Waals surface area contributed by atoms with E-state index in [1.54, 1.807) is 28.5 Å². The molecule has 1 amide bonds. The number of aromatic nitrogens is 1. The fourth-order valence-electron chi connectivity index (χ4n) is 6.82. The number of carbonyl (C=O) groups excluding carboxylic acids is 1. The fourth-order valence-corrected chi connectivity index (χ4v) is 7.75. The quantitative estimate of drug-likeness (QED) is 0.482. The van der Waals surface area contributed by atoms with Gasteiger partial charge in [-0.3, -0.25) is 4.79 Å². The van der Waals surface area contributed by atoms with Crippen molar-refractivity contribution >= 4 is 17.2 Å². The van der Waals surface area contributed by atoms with Crippen molar-refractivity contribution in [2.75, 3.05) is 6.54 Å². The largest absolute Gasteiger partial charge is 0.416 e. The molecule has 5 nitrogen and oxygen atoms in total. The summed E-state index contributed by atoms with van der Waals surface area (Å²) in [6, 6.07) is 4.44. The van der Waals surface area contributed by atoms with Gasteiger partial charge in [0.1, 0.15) is 5.60 Å². The number of nitrogens with zero attached hydrogens (tertiary/aromatic N) is 2. The molecule has 38 heavy (non-hydrogen) atoms. The van der Waals surface area contributed by atoms with E-state index in [0.29, 0.717) is 37.4 Å². The predicted molar refractivity (Wildman–Crippen MR) is 142 cm³/mol. The first kappa shape index (κ1) is 27.6. The summed E-state index contributed by atoms with van der Waals surface area (Å²) in [6.45, 7) is 6.93. The highest BCUT2D eigenvalue weighted by molar-refractivity contribution is 7.11. The van der Waals surface area contributed by atoms with E-state index >= 15 is 0 Å². The monoisotopic (exact) mass is 549 g/mol. The highest BCUT2D eigenvalue weighted by atomic mass is 32.1. The van der Waals surface area contributed by atoms with Crippen LogP contribution in [0.2, 0.25) is 0 Å². The van der Waals surface area contributed by atoms with Gasteiger partial charge in [-0.05, 0) is 87.5 Å². The summed E-state index contributed by atoms with van der Waals surface area (Å²) < 4.78 is 39.9. The third kappa shape index (κ3) is 5.26.